The van der Waals surface area contributed by atoms with Gasteiger partial charge < -0.3 is 5.11 Å². The van der Waals surface area contributed by atoms with Gasteiger partial charge in [0.1, 0.15) is 16.2 Å². The number of benzene rings is 1. The number of aliphatic hydroxyl groups excluding tert-OH is 1. The van der Waals surface area contributed by atoms with Gasteiger partial charge in [0.05, 0.1) is 6.10 Å². The summed E-state index contributed by atoms with van der Waals surface area (Å²) in [5.41, 5.74) is 2.41. The minimum absolute atomic E-state index is 0.472. The maximum Gasteiger partial charge on any atom is 0.128 e. The number of fused-ring (bicyclic) bond motifs is 3. The van der Waals surface area contributed by atoms with E-state index >= 15 is 0 Å². The van der Waals surface area contributed by atoms with Crippen LogP contribution in [0.15, 0.2) is 41.7 Å². The minimum atomic E-state index is -0.472. The van der Waals surface area contributed by atoms with Crippen LogP contribution in [0, 0.1) is 0 Å². The molecule has 23 heavy (non-hydrogen) atoms. The van der Waals surface area contributed by atoms with Crippen molar-refractivity contribution in [3.05, 3.63) is 52.7 Å². The number of hydrogen-bond acceptors (Lipinski definition) is 5. The summed E-state index contributed by atoms with van der Waals surface area (Å²) >= 11 is 3.45. The highest BCUT2D eigenvalue weighted by atomic mass is 32.2. The molecule has 0 radical (unpaired) electrons. The molecule has 3 nitrogen and oxygen atoms in total. The molecule has 118 valence electrons. The predicted octanol–water partition coefficient (Wildman–Crippen LogP) is 4.40. The molecular weight excluding hydrogens is 324 g/mol. The Morgan fingerprint density at radius 1 is 1.13 bits per heavy atom. The molecule has 2 aromatic heterocycles. The van der Waals surface area contributed by atoms with Crippen molar-refractivity contribution in [2.24, 2.45) is 0 Å². The van der Waals surface area contributed by atoms with Crippen molar-refractivity contribution in [3.63, 3.8) is 0 Å². The highest BCUT2D eigenvalue weighted by molar-refractivity contribution is 7.99. The predicted molar refractivity (Wildman–Crippen MR) is 96.2 cm³/mol. The van der Waals surface area contributed by atoms with Gasteiger partial charge in [-0.1, -0.05) is 30.3 Å². The maximum atomic E-state index is 10.4. The summed E-state index contributed by atoms with van der Waals surface area (Å²) in [5, 5.41) is 12.6. The Hall–Kier alpha value is -1.43. The van der Waals surface area contributed by atoms with Gasteiger partial charge in [0, 0.05) is 16.0 Å². The first-order chi connectivity index (χ1) is 11.3. The number of aryl methyl sites for hydroxylation is 2. The van der Waals surface area contributed by atoms with Gasteiger partial charge >= 0.3 is 0 Å². The smallest absolute Gasteiger partial charge is 0.128 e. The van der Waals surface area contributed by atoms with Crippen molar-refractivity contribution >= 4 is 33.3 Å². The minimum Gasteiger partial charge on any atom is -0.388 e. The first-order valence-electron chi connectivity index (χ1n) is 7.94. The second-order valence-corrected chi connectivity index (χ2v) is 7.90. The summed E-state index contributed by atoms with van der Waals surface area (Å²) in [6.07, 6.45) is 6.03. The number of rotatable bonds is 4. The molecule has 1 aromatic carbocycles. The Morgan fingerprint density at radius 3 is 2.83 bits per heavy atom. The third-order valence-electron chi connectivity index (χ3n) is 4.28. The molecule has 1 aliphatic rings. The number of thiophene rings is 1. The van der Waals surface area contributed by atoms with E-state index < -0.39 is 6.10 Å². The third-order valence-corrected chi connectivity index (χ3v) is 6.54. The number of thioether (sulfide) groups is 1. The van der Waals surface area contributed by atoms with Gasteiger partial charge in [-0.2, -0.15) is 0 Å². The van der Waals surface area contributed by atoms with Gasteiger partial charge in [0.25, 0.3) is 0 Å². The van der Waals surface area contributed by atoms with Crippen LogP contribution in [0.25, 0.3) is 10.2 Å². The van der Waals surface area contributed by atoms with Crippen LogP contribution in [0.5, 0.6) is 0 Å². The quantitative estimate of drug-likeness (QED) is 0.564. The zero-order chi connectivity index (χ0) is 15.6. The van der Waals surface area contributed by atoms with Crippen molar-refractivity contribution in [3.8, 4) is 0 Å². The maximum absolute atomic E-state index is 10.4. The standard InChI is InChI=1S/C18H18N2OS2/c21-14(12-6-2-1-3-7-12)10-22-17-16-13-8-4-5-9-15(13)23-18(16)20-11-19-17/h1-3,6-7,11,14,21H,4-5,8-10H2/t14-/m0/s1. The third kappa shape index (κ3) is 3.01. The van der Waals surface area contributed by atoms with Crippen LogP contribution < -0.4 is 0 Å². The van der Waals surface area contributed by atoms with Crippen molar-refractivity contribution in [2.75, 3.05) is 5.75 Å². The normalized spacial score (nSPS) is 15.5. The van der Waals surface area contributed by atoms with Gasteiger partial charge in [-0.05, 0) is 36.8 Å². The Kier molecular flexibility index (Phi) is 4.33. The number of nitrogens with zero attached hydrogens (tertiary/aromatic N) is 2. The Morgan fingerprint density at radius 2 is 1.96 bits per heavy atom. The van der Waals surface area contributed by atoms with E-state index in [9.17, 15) is 5.11 Å². The fourth-order valence-electron chi connectivity index (χ4n) is 3.10. The van der Waals surface area contributed by atoms with Gasteiger partial charge in [0.15, 0.2) is 0 Å². The molecule has 3 aromatic rings. The SMILES string of the molecule is O[C@@H](CSc1ncnc2sc3c(c12)CCCC3)c1ccccc1. The van der Waals surface area contributed by atoms with E-state index in [1.807, 2.05) is 41.7 Å². The summed E-state index contributed by atoms with van der Waals surface area (Å²) in [7, 11) is 0. The number of hydrogen-bond donors (Lipinski definition) is 1. The van der Waals surface area contributed by atoms with Crippen LogP contribution in [0.2, 0.25) is 0 Å². The summed E-state index contributed by atoms with van der Waals surface area (Å²) in [4.78, 5) is 11.5. The molecule has 1 aliphatic carbocycles. The monoisotopic (exact) mass is 342 g/mol. The Bertz CT molecular complexity index is 817. The second-order valence-electron chi connectivity index (χ2n) is 5.81. The molecule has 2 heterocycles. The van der Waals surface area contributed by atoms with Crippen LogP contribution in [0.1, 0.15) is 34.9 Å². The lowest BCUT2D eigenvalue weighted by Crippen LogP contribution is -2.02. The first-order valence-corrected chi connectivity index (χ1v) is 9.74. The van der Waals surface area contributed by atoms with Crippen molar-refractivity contribution < 1.29 is 5.11 Å². The van der Waals surface area contributed by atoms with E-state index in [-0.39, 0.29) is 0 Å². The fraction of sp³-hybridized carbons (Fsp3) is 0.333. The Labute approximate surface area is 143 Å². The first kappa shape index (κ1) is 15.1. The van der Waals surface area contributed by atoms with Gasteiger partial charge in [-0.3, -0.25) is 0 Å². The molecule has 1 atom stereocenters. The molecule has 0 aliphatic heterocycles. The van der Waals surface area contributed by atoms with Gasteiger partial charge in [-0.15, -0.1) is 23.1 Å². The summed E-state index contributed by atoms with van der Waals surface area (Å²) in [6.45, 7) is 0. The van der Waals surface area contributed by atoms with Crippen LogP contribution in [-0.2, 0) is 12.8 Å². The van der Waals surface area contributed by atoms with Gasteiger partial charge in [0.2, 0.25) is 0 Å². The highest BCUT2D eigenvalue weighted by Gasteiger charge is 2.20. The van der Waals surface area contributed by atoms with E-state index in [0.717, 1.165) is 21.8 Å². The zero-order valence-electron chi connectivity index (χ0n) is 12.7. The molecule has 0 saturated carbocycles. The molecule has 0 amide bonds. The Balaban J connectivity index is 1.60. The lowest BCUT2D eigenvalue weighted by atomic mass is 9.97. The highest BCUT2D eigenvalue weighted by Crippen LogP contribution is 2.39. The average molecular weight is 342 g/mol. The summed E-state index contributed by atoms with van der Waals surface area (Å²) in [5.74, 6) is 0.612. The van der Waals surface area contributed by atoms with Crippen molar-refractivity contribution in [2.45, 2.75) is 36.8 Å². The molecule has 0 bridgehead atoms. The summed E-state index contributed by atoms with van der Waals surface area (Å²) < 4.78 is 0. The van der Waals surface area contributed by atoms with E-state index in [1.54, 1.807) is 18.1 Å². The molecule has 4 rings (SSSR count). The van der Waals surface area contributed by atoms with Crippen molar-refractivity contribution in [1.29, 1.82) is 0 Å². The van der Waals surface area contributed by atoms with Crippen LogP contribution >= 0.6 is 23.1 Å². The van der Waals surface area contributed by atoms with E-state index in [1.165, 1.54) is 35.1 Å². The molecule has 5 heteroatoms. The molecule has 0 spiro atoms. The lowest BCUT2D eigenvalue weighted by molar-refractivity contribution is 0.204. The second kappa shape index (κ2) is 6.59. The zero-order valence-corrected chi connectivity index (χ0v) is 14.4. The van der Waals surface area contributed by atoms with Crippen molar-refractivity contribution in [1.82, 2.24) is 9.97 Å². The largest absolute Gasteiger partial charge is 0.388 e. The summed E-state index contributed by atoms with van der Waals surface area (Å²) in [6, 6.07) is 9.82. The van der Waals surface area contributed by atoms with E-state index in [2.05, 4.69) is 9.97 Å². The number of aliphatic hydroxyl groups is 1. The lowest BCUT2D eigenvalue weighted by Gasteiger charge is -2.13. The van der Waals surface area contributed by atoms with E-state index in [0.29, 0.717) is 5.75 Å². The molecule has 0 unspecified atom stereocenters. The number of aromatic nitrogens is 2. The topological polar surface area (TPSA) is 46.0 Å². The van der Waals surface area contributed by atoms with Crippen LogP contribution in [-0.4, -0.2) is 20.8 Å². The molecule has 0 fully saturated rings. The van der Waals surface area contributed by atoms with Crippen LogP contribution in [0.3, 0.4) is 0 Å². The fourth-order valence-corrected chi connectivity index (χ4v) is 5.39. The average Bonchev–Trinajstić information content (AvgIpc) is 2.99. The van der Waals surface area contributed by atoms with Gasteiger partial charge in [-0.25, -0.2) is 9.97 Å². The van der Waals surface area contributed by atoms with Crippen LogP contribution in [0.4, 0.5) is 0 Å². The van der Waals surface area contributed by atoms with E-state index in [4.69, 9.17) is 0 Å². The molecule has 0 saturated heterocycles. The molecular formula is C18H18N2OS2. The molecule has 1 N–H and O–H groups in total.